The molecule has 1 aliphatic heterocycles. The molecule has 0 radical (unpaired) electrons. The summed E-state index contributed by atoms with van der Waals surface area (Å²) in [6.07, 6.45) is 2.12. The quantitative estimate of drug-likeness (QED) is 0.327. The summed E-state index contributed by atoms with van der Waals surface area (Å²) >= 11 is 0. The third-order valence-electron chi connectivity index (χ3n) is 6.25. The molecule has 0 N–H and O–H groups in total. The van der Waals surface area contributed by atoms with Gasteiger partial charge >= 0.3 is 5.63 Å². The molecule has 5 rings (SSSR count). The van der Waals surface area contributed by atoms with E-state index in [9.17, 15) is 4.79 Å². The Labute approximate surface area is 180 Å². The maximum atomic E-state index is 12.3. The average molecular weight is 415 g/mol. The lowest BCUT2D eigenvalue weighted by molar-refractivity contribution is 0.243. The van der Waals surface area contributed by atoms with E-state index >= 15 is 0 Å². The van der Waals surface area contributed by atoms with Gasteiger partial charge in [-0.05, 0) is 60.0 Å². The van der Waals surface area contributed by atoms with E-state index in [-0.39, 0.29) is 11.7 Å². The topological polar surface area (TPSA) is 51.9 Å². The minimum atomic E-state index is -0.313. The van der Waals surface area contributed by atoms with Crippen LogP contribution in [0.2, 0.25) is 0 Å². The maximum Gasteiger partial charge on any atom is 0.336 e. The summed E-state index contributed by atoms with van der Waals surface area (Å²) in [7, 11) is 3.38. The van der Waals surface area contributed by atoms with Gasteiger partial charge in [0.1, 0.15) is 17.1 Å². The van der Waals surface area contributed by atoms with Gasteiger partial charge in [0.25, 0.3) is 0 Å². The largest absolute Gasteiger partial charge is 0.497 e. The van der Waals surface area contributed by atoms with Gasteiger partial charge in [0.05, 0.1) is 14.2 Å². The molecule has 3 aromatic carbocycles. The van der Waals surface area contributed by atoms with Crippen LogP contribution in [0.5, 0.6) is 11.5 Å². The fourth-order valence-corrected chi connectivity index (χ4v) is 4.83. The third kappa shape index (κ3) is 3.55. The van der Waals surface area contributed by atoms with E-state index < -0.39 is 0 Å². The number of likely N-dealkylation sites (tertiary alicyclic amines) is 1. The molecule has 0 aliphatic carbocycles. The van der Waals surface area contributed by atoms with Crippen molar-refractivity contribution in [3.63, 3.8) is 0 Å². The van der Waals surface area contributed by atoms with Gasteiger partial charge < -0.3 is 13.9 Å². The third-order valence-corrected chi connectivity index (χ3v) is 6.25. The molecule has 5 nitrogen and oxygen atoms in total. The van der Waals surface area contributed by atoms with Crippen LogP contribution in [0.4, 0.5) is 0 Å². The molecule has 0 spiro atoms. The monoisotopic (exact) mass is 415 g/mol. The van der Waals surface area contributed by atoms with E-state index in [4.69, 9.17) is 13.9 Å². The number of hydrogen-bond donors (Lipinski definition) is 0. The number of rotatable bonds is 5. The Kier molecular flexibility index (Phi) is 5.12. The van der Waals surface area contributed by atoms with Crippen molar-refractivity contribution in [3.05, 3.63) is 82.2 Å². The SMILES string of the molecule is COc1ccc(OC)c([C@@H]2CCCN2Cc2cc(=O)oc3ccc4ccccc4c23)c1. The van der Waals surface area contributed by atoms with Crippen molar-refractivity contribution in [1.29, 1.82) is 0 Å². The highest BCUT2D eigenvalue weighted by Crippen LogP contribution is 2.40. The standard InChI is InChI=1S/C26H25NO4/c1-29-19-10-12-23(30-2)21(15-19)22-8-5-13-27(22)16-18-14-25(28)31-24-11-9-17-6-3-4-7-20(17)26(18)24/h3-4,6-7,9-12,14-15,22H,5,8,13,16H2,1-2H3/t22-/m0/s1. The predicted octanol–water partition coefficient (Wildman–Crippen LogP) is 5.30. The number of fused-ring (bicyclic) bond motifs is 3. The van der Waals surface area contributed by atoms with Crippen molar-refractivity contribution in [2.75, 3.05) is 20.8 Å². The van der Waals surface area contributed by atoms with Gasteiger partial charge in [0.15, 0.2) is 0 Å². The van der Waals surface area contributed by atoms with Crippen LogP contribution in [0.3, 0.4) is 0 Å². The zero-order chi connectivity index (χ0) is 21.4. The molecule has 1 saturated heterocycles. The lowest BCUT2D eigenvalue weighted by atomic mass is 10.00. The van der Waals surface area contributed by atoms with E-state index in [0.717, 1.165) is 58.2 Å². The van der Waals surface area contributed by atoms with E-state index in [0.29, 0.717) is 12.1 Å². The van der Waals surface area contributed by atoms with Crippen LogP contribution in [0.1, 0.15) is 30.0 Å². The Morgan fingerprint density at radius 3 is 2.74 bits per heavy atom. The lowest BCUT2D eigenvalue weighted by Crippen LogP contribution is -2.24. The van der Waals surface area contributed by atoms with Crippen LogP contribution in [0.15, 0.2) is 69.9 Å². The van der Waals surface area contributed by atoms with Crippen LogP contribution >= 0.6 is 0 Å². The molecule has 1 fully saturated rings. The van der Waals surface area contributed by atoms with E-state index in [2.05, 4.69) is 23.1 Å². The predicted molar refractivity (Wildman–Crippen MR) is 122 cm³/mol. The van der Waals surface area contributed by atoms with Crippen molar-refractivity contribution in [3.8, 4) is 11.5 Å². The Morgan fingerprint density at radius 1 is 1.03 bits per heavy atom. The maximum absolute atomic E-state index is 12.3. The fraction of sp³-hybridized carbons (Fsp3) is 0.269. The van der Waals surface area contributed by atoms with Crippen molar-refractivity contribution < 1.29 is 13.9 Å². The van der Waals surface area contributed by atoms with Crippen molar-refractivity contribution >= 4 is 21.7 Å². The summed E-state index contributed by atoms with van der Waals surface area (Å²) in [5.41, 5.74) is 2.44. The summed E-state index contributed by atoms with van der Waals surface area (Å²) in [5, 5.41) is 3.26. The molecule has 0 unspecified atom stereocenters. The second-order valence-corrected chi connectivity index (χ2v) is 7.99. The van der Waals surface area contributed by atoms with Crippen molar-refractivity contribution in [1.82, 2.24) is 4.90 Å². The first-order valence-corrected chi connectivity index (χ1v) is 10.6. The highest BCUT2D eigenvalue weighted by atomic mass is 16.5. The van der Waals surface area contributed by atoms with Crippen LogP contribution in [-0.4, -0.2) is 25.7 Å². The molecule has 0 amide bonds. The van der Waals surface area contributed by atoms with E-state index in [1.54, 1.807) is 20.3 Å². The first-order chi connectivity index (χ1) is 15.2. The summed E-state index contributed by atoms with van der Waals surface area (Å²) in [6.45, 7) is 1.62. The van der Waals surface area contributed by atoms with Gasteiger partial charge in [-0.15, -0.1) is 0 Å². The molecular weight excluding hydrogens is 390 g/mol. The molecule has 158 valence electrons. The van der Waals surface area contributed by atoms with Gasteiger partial charge in [-0.1, -0.05) is 30.3 Å². The Morgan fingerprint density at radius 2 is 1.90 bits per heavy atom. The lowest BCUT2D eigenvalue weighted by Gasteiger charge is -2.27. The number of ether oxygens (including phenoxy) is 2. The van der Waals surface area contributed by atoms with Crippen molar-refractivity contribution in [2.45, 2.75) is 25.4 Å². The average Bonchev–Trinajstić information content (AvgIpc) is 3.26. The zero-order valence-electron chi connectivity index (χ0n) is 17.8. The molecule has 1 atom stereocenters. The Bertz CT molecular complexity index is 1310. The van der Waals surface area contributed by atoms with Gasteiger partial charge in [0.2, 0.25) is 0 Å². The Balaban J connectivity index is 1.60. The number of methoxy groups -OCH3 is 2. The minimum absolute atomic E-state index is 0.197. The molecule has 0 bridgehead atoms. The summed E-state index contributed by atoms with van der Waals surface area (Å²) < 4.78 is 16.7. The summed E-state index contributed by atoms with van der Waals surface area (Å²) in [6, 6.07) is 19.9. The molecular formula is C26H25NO4. The molecule has 2 heterocycles. The number of nitrogens with zero attached hydrogens (tertiary/aromatic N) is 1. The first kappa shape index (κ1) is 19.6. The first-order valence-electron chi connectivity index (χ1n) is 10.6. The summed E-state index contributed by atoms with van der Waals surface area (Å²) in [4.78, 5) is 14.8. The zero-order valence-corrected chi connectivity index (χ0v) is 17.8. The van der Waals surface area contributed by atoms with Crippen LogP contribution in [-0.2, 0) is 6.54 Å². The highest BCUT2D eigenvalue weighted by molar-refractivity contribution is 6.07. The Hall–Kier alpha value is -3.31. The van der Waals surface area contributed by atoms with Gasteiger partial charge in [-0.3, -0.25) is 4.90 Å². The molecule has 5 heteroatoms. The van der Waals surface area contributed by atoms with Gasteiger partial charge in [-0.25, -0.2) is 4.79 Å². The number of hydrogen-bond acceptors (Lipinski definition) is 5. The van der Waals surface area contributed by atoms with Gasteiger partial charge in [-0.2, -0.15) is 0 Å². The highest BCUT2D eigenvalue weighted by Gasteiger charge is 2.29. The molecule has 1 aromatic heterocycles. The van der Waals surface area contributed by atoms with E-state index in [1.165, 1.54) is 0 Å². The molecule has 0 saturated carbocycles. The normalized spacial score (nSPS) is 16.8. The van der Waals surface area contributed by atoms with Gasteiger partial charge in [0, 0.05) is 29.6 Å². The molecule has 1 aliphatic rings. The minimum Gasteiger partial charge on any atom is -0.497 e. The fourth-order valence-electron chi connectivity index (χ4n) is 4.83. The van der Waals surface area contributed by atoms with E-state index in [1.807, 2.05) is 36.4 Å². The second-order valence-electron chi connectivity index (χ2n) is 7.99. The van der Waals surface area contributed by atoms with Crippen LogP contribution < -0.4 is 15.1 Å². The van der Waals surface area contributed by atoms with Crippen molar-refractivity contribution in [2.24, 2.45) is 0 Å². The number of benzene rings is 3. The smallest absolute Gasteiger partial charge is 0.336 e. The molecule has 31 heavy (non-hydrogen) atoms. The second kappa shape index (κ2) is 8.08. The molecule has 4 aromatic rings. The summed E-state index contributed by atoms with van der Waals surface area (Å²) in [5.74, 6) is 1.68. The van der Waals surface area contributed by atoms with Crippen LogP contribution in [0.25, 0.3) is 21.7 Å². The van der Waals surface area contributed by atoms with Crippen LogP contribution in [0, 0.1) is 0 Å².